The highest BCUT2D eigenvalue weighted by molar-refractivity contribution is 6.33. The first-order chi connectivity index (χ1) is 13.5. The highest BCUT2D eigenvalue weighted by atomic mass is 35.5. The lowest BCUT2D eigenvalue weighted by atomic mass is 9.85. The molecule has 2 aliphatic heterocycles. The maximum absolute atomic E-state index is 12.5. The summed E-state index contributed by atoms with van der Waals surface area (Å²) in [5, 5.41) is 0.370. The minimum absolute atomic E-state index is 0.180. The van der Waals surface area contributed by atoms with E-state index in [0.717, 1.165) is 37.1 Å². The van der Waals surface area contributed by atoms with Crippen molar-refractivity contribution in [2.75, 3.05) is 26.8 Å². The lowest BCUT2D eigenvalue weighted by molar-refractivity contribution is -0.139. The predicted molar refractivity (Wildman–Crippen MR) is 106 cm³/mol. The van der Waals surface area contributed by atoms with E-state index in [0.29, 0.717) is 17.2 Å². The Bertz CT molecular complexity index is 733. The number of hydrogen-bond donors (Lipinski definition) is 0. The Labute approximate surface area is 175 Å². The molecule has 2 unspecified atom stereocenters. The highest BCUT2D eigenvalue weighted by Gasteiger charge is 2.37. The zero-order valence-electron chi connectivity index (χ0n) is 17.4. The number of ether oxygens (including phenoxy) is 3. The fourth-order valence-electron chi connectivity index (χ4n) is 4.23. The number of nitrogens with zero attached hydrogens (tertiary/aromatic N) is 1. The molecule has 1 aromatic carbocycles. The van der Waals surface area contributed by atoms with Crippen LogP contribution in [0.3, 0.4) is 0 Å². The fraction of sp³-hybridized carbons (Fsp3) is 0.714. The summed E-state index contributed by atoms with van der Waals surface area (Å²) in [5.74, 6) is 0.584. The van der Waals surface area contributed by atoms with Crippen molar-refractivity contribution >= 4 is 11.6 Å². The Hall–Kier alpha value is -1.18. The van der Waals surface area contributed by atoms with Gasteiger partial charge >= 0.3 is 6.18 Å². The van der Waals surface area contributed by atoms with E-state index in [9.17, 15) is 13.2 Å². The average Bonchev–Trinajstić information content (AvgIpc) is 2.60. The molecule has 2 atom stereocenters. The first-order valence-corrected chi connectivity index (χ1v) is 10.4. The zero-order chi connectivity index (χ0) is 21.4. The maximum atomic E-state index is 12.5. The first-order valence-electron chi connectivity index (χ1n) is 9.99. The van der Waals surface area contributed by atoms with E-state index in [1.165, 1.54) is 7.11 Å². The normalized spacial score (nSPS) is 22.8. The minimum atomic E-state index is -4.28. The van der Waals surface area contributed by atoms with E-state index in [4.69, 9.17) is 25.8 Å². The van der Waals surface area contributed by atoms with E-state index >= 15 is 0 Å². The van der Waals surface area contributed by atoms with Crippen molar-refractivity contribution in [1.82, 2.24) is 4.90 Å². The molecule has 2 aliphatic rings. The van der Waals surface area contributed by atoms with Gasteiger partial charge in [0, 0.05) is 19.1 Å². The van der Waals surface area contributed by atoms with Gasteiger partial charge in [-0.05, 0) is 57.2 Å². The largest absolute Gasteiger partial charge is 0.493 e. The summed E-state index contributed by atoms with van der Waals surface area (Å²) in [5.41, 5.74) is 1.85. The third-order valence-electron chi connectivity index (χ3n) is 5.34. The summed E-state index contributed by atoms with van der Waals surface area (Å²) in [4.78, 5) is 2.40. The van der Waals surface area contributed by atoms with Crippen molar-refractivity contribution in [2.45, 2.75) is 70.4 Å². The molecule has 1 aromatic rings. The molecule has 0 aliphatic carbocycles. The fourth-order valence-corrected chi connectivity index (χ4v) is 4.58. The SMILES string of the molecule is COc1cc2c(c(Cl)c1OCCC(F)(F)F)CCN1CC(OC(C)(C)C)CCC21. The van der Waals surface area contributed by atoms with Crippen molar-refractivity contribution in [3.63, 3.8) is 0 Å². The number of fused-ring (bicyclic) bond motifs is 3. The molecule has 164 valence electrons. The Morgan fingerprint density at radius 2 is 1.93 bits per heavy atom. The molecule has 0 amide bonds. The molecule has 4 nitrogen and oxygen atoms in total. The van der Waals surface area contributed by atoms with Gasteiger partial charge in [0.15, 0.2) is 11.5 Å². The van der Waals surface area contributed by atoms with Crippen LogP contribution in [0.4, 0.5) is 13.2 Å². The smallest absolute Gasteiger partial charge is 0.392 e. The van der Waals surface area contributed by atoms with Gasteiger partial charge in [-0.15, -0.1) is 0 Å². The van der Waals surface area contributed by atoms with E-state index in [1.807, 2.05) is 6.07 Å². The standard InChI is InChI=1S/C21H29ClF3NO3/c1-20(2,3)29-13-5-6-16-15-11-17(27-4)19(28-10-8-21(23,24)25)18(22)14(15)7-9-26(16)12-13/h11,13,16H,5-10,12H2,1-4H3. The molecule has 8 heteroatoms. The summed E-state index contributed by atoms with van der Waals surface area (Å²) in [6.45, 7) is 7.39. The summed E-state index contributed by atoms with van der Waals surface area (Å²) >= 11 is 6.58. The van der Waals surface area contributed by atoms with Crippen LogP contribution in [0, 0.1) is 0 Å². The zero-order valence-corrected chi connectivity index (χ0v) is 18.1. The molecule has 0 bridgehead atoms. The average molecular weight is 436 g/mol. The van der Waals surface area contributed by atoms with Gasteiger partial charge in [0.05, 0.1) is 36.9 Å². The predicted octanol–water partition coefficient (Wildman–Crippen LogP) is 5.56. The Morgan fingerprint density at radius 3 is 2.55 bits per heavy atom. The molecular weight excluding hydrogens is 407 g/mol. The lowest BCUT2D eigenvalue weighted by Gasteiger charge is -2.45. The molecule has 3 rings (SSSR count). The van der Waals surface area contributed by atoms with Crippen LogP contribution in [0.5, 0.6) is 11.5 Å². The van der Waals surface area contributed by atoms with Crippen LogP contribution in [0.1, 0.15) is 57.2 Å². The number of benzene rings is 1. The van der Waals surface area contributed by atoms with Crippen LogP contribution in [0.2, 0.25) is 5.02 Å². The number of methoxy groups -OCH3 is 1. The van der Waals surface area contributed by atoms with E-state index in [-0.39, 0.29) is 23.5 Å². The van der Waals surface area contributed by atoms with Crippen LogP contribution in [0.25, 0.3) is 0 Å². The lowest BCUT2D eigenvalue weighted by Crippen LogP contribution is -2.47. The summed E-state index contributed by atoms with van der Waals surface area (Å²) in [6.07, 6.45) is -2.53. The number of piperidine rings is 1. The van der Waals surface area contributed by atoms with E-state index in [2.05, 4.69) is 25.7 Å². The molecule has 29 heavy (non-hydrogen) atoms. The van der Waals surface area contributed by atoms with Crippen molar-refractivity contribution in [1.29, 1.82) is 0 Å². The molecule has 0 saturated carbocycles. The van der Waals surface area contributed by atoms with E-state index < -0.39 is 19.2 Å². The first kappa shape index (κ1) is 22.5. The van der Waals surface area contributed by atoms with Gasteiger partial charge in [-0.2, -0.15) is 13.2 Å². The van der Waals surface area contributed by atoms with Crippen LogP contribution >= 0.6 is 11.6 Å². The van der Waals surface area contributed by atoms with Gasteiger partial charge < -0.3 is 14.2 Å². The van der Waals surface area contributed by atoms with Crippen LogP contribution in [0.15, 0.2) is 6.07 Å². The van der Waals surface area contributed by atoms with Crippen molar-refractivity contribution in [3.05, 3.63) is 22.2 Å². The highest BCUT2D eigenvalue weighted by Crippen LogP contribution is 2.47. The molecule has 0 spiro atoms. The Balaban J connectivity index is 1.80. The topological polar surface area (TPSA) is 30.9 Å². The molecule has 0 N–H and O–H groups in total. The monoisotopic (exact) mass is 435 g/mol. The second-order valence-electron chi connectivity index (χ2n) is 8.69. The van der Waals surface area contributed by atoms with Gasteiger partial charge in [-0.3, -0.25) is 4.90 Å². The number of alkyl halides is 3. The third kappa shape index (κ3) is 5.50. The van der Waals surface area contributed by atoms with Crippen molar-refractivity contribution < 1.29 is 27.4 Å². The molecule has 0 aromatic heterocycles. The van der Waals surface area contributed by atoms with Crippen LogP contribution in [-0.4, -0.2) is 49.6 Å². The summed E-state index contributed by atoms with van der Waals surface area (Å²) in [6, 6.07) is 2.08. The van der Waals surface area contributed by atoms with Gasteiger partial charge in [0.25, 0.3) is 0 Å². The number of halogens is 4. The third-order valence-corrected chi connectivity index (χ3v) is 5.74. The maximum Gasteiger partial charge on any atom is 0.392 e. The molecular formula is C21H29ClF3NO3. The van der Waals surface area contributed by atoms with Crippen LogP contribution < -0.4 is 9.47 Å². The number of rotatable bonds is 5. The second kappa shape index (κ2) is 8.52. The molecule has 1 saturated heterocycles. The second-order valence-corrected chi connectivity index (χ2v) is 9.07. The van der Waals surface area contributed by atoms with Crippen molar-refractivity contribution in [3.8, 4) is 11.5 Å². The summed E-state index contributed by atoms with van der Waals surface area (Å²) in [7, 11) is 1.48. The van der Waals surface area contributed by atoms with Gasteiger partial charge in [0.1, 0.15) is 0 Å². The minimum Gasteiger partial charge on any atom is -0.493 e. The van der Waals surface area contributed by atoms with E-state index in [1.54, 1.807) is 0 Å². The molecule has 1 fully saturated rings. The quantitative estimate of drug-likeness (QED) is 0.606. The molecule has 0 radical (unpaired) electrons. The van der Waals surface area contributed by atoms with Crippen molar-refractivity contribution in [2.24, 2.45) is 0 Å². The van der Waals surface area contributed by atoms with Gasteiger partial charge in [-0.25, -0.2) is 0 Å². The summed E-state index contributed by atoms with van der Waals surface area (Å²) < 4.78 is 54.4. The van der Waals surface area contributed by atoms with Gasteiger partial charge in [0.2, 0.25) is 0 Å². The van der Waals surface area contributed by atoms with Gasteiger partial charge in [-0.1, -0.05) is 11.6 Å². The molecule has 2 heterocycles. The van der Waals surface area contributed by atoms with Crippen LogP contribution in [-0.2, 0) is 11.2 Å². The number of hydrogen-bond acceptors (Lipinski definition) is 4. The Morgan fingerprint density at radius 1 is 1.21 bits per heavy atom. The Kier molecular flexibility index (Phi) is 6.61.